The zero-order chi connectivity index (χ0) is 18.8. The van der Waals surface area contributed by atoms with Gasteiger partial charge in [-0.2, -0.15) is 0 Å². The largest absolute Gasteiger partial charge is 0.356 e. The van der Waals surface area contributed by atoms with E-state index in [1.165, 1.54) is 0 Å². The summed E-state index contributed by atoms with van der Waals surface area (Å²) in [4.78, 5) is 20.7. The van der Waals surface area contributed by atoms with E-state index < -0.39 is 5.79 Å². The smallest absolute Gasteiger partial charge is 0.180 e. The lowest BCUT2D eigenvalue weighted by atomic mass is 10.0. The summed E-state index contributed by atoms with van der Waals surface area (Å²) in [5.41, 5.74) is 2.36. The molecule has 0 saturated carbocycles. The van der Waals surface area contributed by atoms with Gasteiger partial charge in [-0.1, -0.05) is 12.1 Å². The van der Waals surface area contributed by atoms with E-state index in [1.54, 1.807) is 12.4 Å². The maximum atomic E-state index is 5.85. The van der Waals surface area contributed by atoms with Crippen LogP contribution >= 0.6 is 0 Å². The maximum Gasteiger partial charge on any atom is 0.180 e. The van der Waals surface area contributed by atoms with Crippen molar-refractivity contribution in [1.29, 1.82) is 0 Å². The molecular weight excluding hydrogens is 354 g/mol. The molecule has 3 aromatic heterocycles. The van der Waals surface area contributed by atoms with Crippen molar-refractivity contribution in [3.8, 4) is 22.9 Å². The van der Waals surface area contributed by atoms with Crippen molar-refractivity contribution in [3.63, 3.8) is 0 Å². The number of aromatic nitrogens is 4. The van der Waals surface area contributed by atoms with Crippen molar-refractivity contribution >= 4 is 5.82 Å². The molecule has 0 N–H and O–H groups in total. The van der Waals surface area contributed by atoms with Crippen LogP contribution in [0.25, 0.3) is 22.9 Å². The Kier molecular flexibility index (Phi) is 4.46. The van der Waals surface area contributed by atoms with Gasteiger partial charge in [0, 0.05) is 44.4 Å². The molecule has 5 heterocycles. The van der Waals surface area contributed by atoms with E-state index in [2.05, 4.69) is 14.9 Å². The topological polar surface area (TPSA) is 73.3 Å². The van der Waals surface area contributed by atoms with Crippen LogP contribution in [0.2, 0.25) is 0 Å². The molecular formula is C21H21N5O2. The fourth-order valence-electron chi connectivity index (χ4n) is 3.71. The summed E-state index contributed by atoms with van der Waals surface area (Å²) >= 11 is 0. The second kappa shape index (κ2) is 7.26. The van der Waals surface area contributed by atoms with Crippen LogP contribution in [0, 0.1) is 0 Å². The summed E-state index contributed by atoms with van der Waals surface area (Å²) in [5, 5.41) is 0. The summed E-state index contributed by atoms with van der Waals surface area (Å²) in [7, 11) is 0. The molecule has 142 valence electrons. The van der Waals surface area contributed by atoms with Crippen molar-refractivity contribution in [2.24, 2.45) is 0 Å². The van der Waals surface area contributed by atoms with Crippen LogP contribution in [0.1, 0.15) is 12.8 Å². The predicted octanol–water partition coefficient (Wildman–Crippen LogP) is 2.94. The molecule has 2 aliphatic rings. The van der Waals surface area contributed by atoms with Crippen molar-refractivity contribution in [3.05, 3.63) is 54.9 Å². The van der Waals surface area contributed by atoms with Crippen molar-refractivity contribution in [2.75, 3.05) is 31.2 Å². The first-order chi connectivity index (χ1) is 13.8. The van der Waals surface area contributed by atoms with Crippen LogP contribution < -0.4 is 4.90 Å². The number of anilines is 1. The van der Waals surface area contributed by atoms with E-state index in [4.69, 9.17) is 19.4 Å². The summed E-state index contributed by atoms with van der Waals surface area (Å²) < 4.78 is 11.7. The second-order valence-electron chi connectivity index (χ2n) is 6.96. The number of nitrogens with zero attached hydrogens (tertiary/aromatic N) is 5. The van der Waals surface area contributed by atoms with E-state index >= 15 is 0 Å². The average molecular weight is 375 g/mol. The minimum atomic E-state index is -0.406. The minimum Gasteiger partial charge on any atom is -0.356 e. The van der Waals surface area contributed by atoms with Crippen molar-refractivity contribution in [2.45, 2.75) is 18.6 Å². The molecule has 0 bridgehead atoms. The molecule has 0 amide bonds. The molecule has 0 radical (unpaired) electrons. The van der Waals surface area contributed by atoms with Gasteiger partial charge in [0.15, 0.2) is 11.6 Å². The van der Waals surface area contributed by atoms with Crippen LogP contribution in [-0.2, 0) is 9.47 Å². The molecule has 2 aliphatic heterocycles. The number of hydrogen-bond acceptors (Lipinski definition) is 7. The molecule has 0 atom stereocenters. The van der Waals surface area contributed by atoms with Gasteiger partial charge in [0.1, 0.15) is 11.5 Å². The fourth-order valence-corrected chi connectivity index (χ4v) is 3.71. The first-order valence-electron chi connectivity index (χ1n) is 9.56. The summed E-state index contributed by atoms with van der Waals surface area (Å²) in [6.45, 7) is 3.00. The number of piperidine rings is 1. The van der Waals surface area contributed by atoms with Gasteiger partial charge in [0.25, 0.3) is 0 Å². The molecule has 3 aromatic rings. The zero-order valence-corrected chi connectivity index (χ0v) is 15.5. The van der Waals surface area contributed by atoms with Crippen molar-refractivity contribution in [1.82, 2.24) is 19.9 Å². The van der Waals surface area contributed by atoms with Gasteiger partial charge < -0.3 is 14.4 Å². The lowest BCUT2D eigenvalue weighted by Gasteiger charge is -2.38. The lowest BCUT2D eigenvalue weighted by Crippen LogP contribution is -2.45. The SMILES string of the molecule is c1ccc(-c2cc(N3CCC4(CC3)OCCO4)nc(-c3ccccn3)n2)nc1. The number of ether oxygens (including phenoxy) is 2. The Morgan fingerprint density at radius 2 is 1.46 bits per heavy atom. The highest BCUT2D eigenvalue weighted by molar-refractivity contribution is 5.64. The Balaban J connectivity index is 1.50. The Labute approximate surface area is 163 Å². The van der Waals surface area contributed by atoms with Gasteiger partial charge in [0.2, 0.25) is 0 Å². The van der Waals surface area contributed by atoms with Gasteiger partial charge in [-0.3, -0.25) is 9.97 Å². The third-order valence-corrected chi connectivity index (χ3v) is 5.20. The molecule has 0 unspecified atom stereocenters. The Morgan fingerprint density at radius 3 is 2.11 bits per heavy atom. The van der Waals surface area contributed by atoms with E-state index in [1.807, 2.05) is 42.5 Å². The van der Waals surface area contributed by atoms with Crippen molar-refractivity contribution < 1.29 is 9.47 Å². The second-order valence-corrected chi connectivity index (χ2v) is 6.96. The first-order valence-corrected chi connectivity index (χ1v) is 9.56. The molecule has 2 saturated heterocycles. The molecule has 7 heteroatoms. The van der Waals surface area contributed by atoms with Crippen LogP contribution in [0.4, 0.5) is 5.82 Å². The lowest BCUT2D eigenvalue weighted by molar-refractivity contribution is -0.169. The Hall–Kier alpha value is -2.90. The van der Waals surface area contributed by atoms with Crippen LogP contribution in [0.5, 0.6) is 0 Å². The Morgan fingerprint density at radius 1 is 0.786 bits per heavy atom. The van der Waals surface area contributed by atoms with Gasteiger partial charge >= 0.3 is 0 Å². The highest BCUT2D eigenvalue weighted by atomic mass is 16.7. The van der Waals surface area contributed by atoms with Gasteiger partial charge in [-0.15, -0.1) is 0 Å². The third kappa shape index (κ3) is 3.34. The molecule has 2 fully saturated rings. The number of hydrogen-bond donors (Lipinski definition) is 0. The monoisotopic (exact) mass is 375 g/mol. The fraction of sp³-hybridized carbons (Fsp3) is 0.333. The highest BCUT2D eigenvalue weighted by Gasteiger charge is 2.40. The zero-order valence-electron chi connectivity index (χ0n) is 15.5. The van der Waals surface area contributed by atoms with Gasteiger partial charge in [-0.05, 0) is 24.3 Å². The Bertz CT molecular complexity index is 878. The quantitative estimate of drug-likeness (QED) is 0.697. The molecule has 7 nitrogen and oxygen atoms in total. The number of pyridine rings is 2. The van der Waals surface area contributed by atoms with Crippen LogP contribution in [-0.4, -0.2) is 52.0 Å². The van der Waals surface area contributed by atoms with E-state index in [0.717, 1.165) is 48.8 Å². The third-order valence-electron chi connectivity index (χ3n) is 5.20. The normalized spacial score (nSPS) is 18.5. The van der Waals surface area contributed by atoms with Crippen LogP contribution in [0.3, 0.4) is 0 Å². The average Bonchev–Trinajstić information content (AvgIpc) is 3.23. The van der Waals surface area contributed by atoms with E-state index in [9.17, 15) is 0 Å². The summed E-state index contributed by atoms with van der Waals surface area (Å²) in [6.07, 6.45) is 5.19. The maximum absolute atomic E-state index is 5.85. The van der Waals surface area contributed by atoms with Gasteiger partial charge in [-0.25, -0.2) is 9.97 Å². The molecule has 5 rings (SSSR count). The van der Waals surface area contributed by atoms with Gasteiger partial charge in [0.05, 0.1) is 24.6 Å². The molecule has 28 heavy (non-hydrogen) atoms. The predicted molar refractivity (Wildman–Crippen MR) is 105 cm³/mol. The van der Waals surface area contributed by atoms with E-state index in [0.29, 0.717) is 19.0 Å². The highest BCUT2D eigenvalue weighted by Crippen LogP contribution is 2.34. The molecule has 0 aliphatic carbocycles. The minimum absolute atomic E-state index is 0.406. The van der Waals surface area contributed by atoms with Crippen LogP contribution in [0.15, 0.2) is 54.9 Å². The first kappa shape index (κ1) is 17.2. The van der Waals surface area contributed by atoms with E-state index in [-0.39, 0.29) is 0 Å². The molecule has 0 aromatic carbocycles. The molecule has 1 spiro atoms. The summed E-state index contributed by atoms with van der Waals surface area (Å²) in [5.74, 6) is 1.08. The standard InChI is InChI=1S/C21H21N5O2/c1-3-9-22-16(5-1)18-15-19(25-20(24-18)17-6-2-4-10-23-17)26-11-7-21(8-12-26)27-13-14-28-21/h1-6,9-10,15H,7-8,11-14H2. The summed E-state index contributed by atoms with van der Waals surface area (Å²) in [6, 6.07) is 13.6. The number of rotatable bonds is 3.